The van der Waals surface area contributed by atoms with Gasteiger partial charge in [0.25, 0.3) is 0 Å². The Labute approximate surface area is 366 Å². The van der Waals surface area contributed by atoms with Crippen molar-refractivity contribution in [1.29, 1.82) is 0 Å². The van der Waals surface area contributed by atoms with Crippen molar-refractivity contribution in [1.82, 2.24) is 5.32 Å². The molecular formula is C53H99NO5. The van der Waals surface area contributed by atoms with Crippen LogP contribution >= 0.6 is 0 Å². The molecule has 3 N–H and O–H groups in total. The summed E-state index contributed by atoms with van der Waals surface area (Å²) in [7, 11) is 0. The average molecular weight is 830 g/mol. The molecule has 0 fully saturated rings. The van der Waals surface area contributed by atoms with Crippen LogP contribution in [0.3, 0.4) is 0 Å². The Bertz CT molecular complexity index is 962. The second-order valence-corrected chi connectivity index (χ2v) is 17.5. The quantitative estimate of drug-likeness (QED) is 0.0323. The molecule has 6 heteroatoms. The molecular weight excluding hydrogens is 731 g/mol. The molecule has 0 radical (unpaired) electrons. The maximum absolute atomic E-state index is 12.4. The third-order valence-corrected chi connectivity index (χ3v) is 11.7. The van der Waals surface area contributed by atoms with Crippen LogP contribution in [0.1, 0.15) is 264 Å². The Kier molecular flexibility index (Phi) is 47.2. The lowest BCUT2D eigenvalue weighted by molar-refractivity contribution is -0.143. The summed E-state index contributed by atoms with van der Waals surface area (Å²) in [5.74, 6) is -0.101. The van der Waals surface area contributed by atoms with Crippen molar-refractivity contribution in [3.8, 4) is 0 Å². The zero-order valence-electron chi connectivity index (χ0n) is 39.2. The van der Waals surface area contributed by atoms with Crippen molar-refractivity contribution in [3.63, 3.8) is 0 Å². The van der Waals surface area contributed by atoms with Crippen molar-refractivity contribution in [2.24, 2.45) is 0 Å². The number of carbonyl (C=O) groups excluding carboxylic acids is 2. The van der Waals surface area contributed by atoms with Gasteiger partial charge in [-0.15, -0.1) is 0 Å². The van der Waals surface area contributed by atoms with Gasteiger partial charge in [-0.25, -0.2) is 0 Å². The number of nitrogens with one attached hydrogen (secondary N) is 1. The summed E-state index contributed by atoms with van der Waals surface area (Å²) >= 11 is 0. The van der Waals surface area contributed by atoms with Gasteiger partial charge in [-0.3, -0.25) is 9.59 Å². The SMILES string of the molecule is CCCCC/C=C\C/C=C\CCCCCCCCCCCC(=O)OCCCCCCCCCCCCCCC(=O)NC(CO)C(O)/C=C/CCCCCCCCCCC. The summed E-state index contributed by atoms with van der Waals surface area (Å²) in [4.78, 5) is 24.5. The van der Waals surface area contributed by atoms with Gasteiger partial charge in [0, 0.05) is 12.8 Å². The number of hydrogen-bond acceptors (Lipinski definition) is 5. The standard InChI is InChI=1S/C53H99NO5/c1-3-5-7-9-11-13-15-16-17-18-19-20-21-22-27-31-35-39-43-47-53(58)59-48-44-40-36-32-28-24-23-26-30-34-38-42-46-52(57)54-50(49-55)51(56)45-41-37-33-29-25-14-12-10-8-6-4-2/h11,13,16-17,41,45,50-51,55-56H,3-10,12,14-15,18-40,42-44,46-49H2,1-2H3,(H,54,57)/b13-11-,17-16-,45-41+. The van der Waals surface area contributed by atoms with Gasteiger partial charge < -0.3 is 20.3 Å². The van der Waals surface area contributed by atoms with Gasteiger partial charge in [0.2, 0.25) is 5.91 Å². The van der Waals surface area contributed by atoms with Crippen LogP contribution in [0.5, 0.6) is 0 Å². The van der Waals surface area contributed by atoms with E-state index in [2.05, 4.69) is 43.5 Å². The van der Waals surface area contributed by atoms with Crippen LogP contribution in [0, 0.1) is 0 Å². The summed E-state index contributed by atoms with van der Waals surface area (Å²) < 4.78 is 5.47. The first kappa shape index (κ1) is 57.1. The highest BCUT2D eigenvalue weighted by molar-refractivity contribution is 5.76. The van der Waals surface area contributed by atoms with Crippen LogP contribution in [0.2, 0.25) is 0 Å². The van der Waals surface area contributed by atoms with Crippen molar-refractivity contribution in [2.45, 2.75) is 276 Å². The normalized spacial score (nSPS) is 12.9. The van der Waals surface area contributed by atoms with Crippen molar-refractivity contribution in [2.75, 3.05) is 13.2 Å². The first-order valence-corrected chi connectivity index (χ1v) is 25.8. The molecule has 0 aromatic rings. The number of rotatable bonds is 47. The second-order valence-electron chi connectivity index (χ2n) is 17.5. The fourth-order valence-corrected chi connectivity index (χ4v) is 7.66. The number of hydrogen-bond donors (Lipinski definition) is 3. The molecule has 0 rings (SSSR count). The molecule has 0 saturated heterocycles. The Morgan fingerprint density at radius 2 is 0.847 bits per heavy atom. The molecule has 0 aliphatic carbocycles. The highest BCUT2D eigenvalue weighted by atomic mass is 16.5. The first-order valence-electron chi connectivity index (χ1n) is 25.8. The van der Waals surface area contributed by atoms with Gasteiger partial charge >= 0.3 is 5.97 Å². The van der Waals surface area contributed by atoms with Gasteiger partial charge in [-0.05, 0) is 64.2 Å². The monoisotopic (exact) mass is 830 g/mol. The van der Waals surface area contributed by atoms with Gasteiger partial charge in [-0.1, -0.05) is 224 Å². The second kappa shape index (κ2) is 48.7. The Morgan fingerprint density at radius 3 is 1.32 bits per heavy atom. The summed E-state index contributed by atoms with van der Waals surface area (Å²) in [5.41, 5.74) is 0. The maximum atomic E-state index is 12.4. The van der Waals surface area contributed by atoms with Crippen LogP contribution in [-0.4, -0.2) is 47.4 Å². The van der Waals surface area contributed by atoms with Crippen LogP contribution in [0.15, 0.2) is 36.5 Å². The molecule has 59 heavy (non-hydrogen) atoms. The molecule has 0 bridgehead atoms. The Balaban J connectivity index is 3.46. The molecule has 0 spiro atoms. The number of allylic oxidation sites excluding steroid dienone is 5. The van der Waals surface area contributed by atoms with E-state index in [0.717, 1.165) is 64.2 Å². The van der Waals surface area contributed by atoms with Crippen LogP contribution in [0.25, 0.3) is 0 Å². The van der Waals surface area contributed by atoms with E-state index >= 15 is 0 Å². The summed E-state index contributed by atoms with van der Waals surface area (Å²) in [6.07, 6.45) is 58.5. The van der Waals surface area contributed by atoms with E-state index in [1.807, 2.05) is 6.08 Å². The molecule has 0 aliphatic heterocycles. The number of aliphatic hydroxyl groups is 2. The lowest BCUT2D eigenvalue weighted by Crippen LogP contribution is -2.45. The third kappa shape index (κ3) is 45.4. The molecule has 1 amide bonds. The zero-order valence-corrected chi connectivity index (χ0v) is 39.2. The minimum atomic E-state index is -0.853. The molecule has 2 unspecified atom stereocenters. The fraction of sp³-hybridized carbons (Fsp3) is 0.849. The van der Waals surface area contributed by atoms with Gasteiger partial charge in [0.05, 0.1) is 25.4 Å². The summed E-state index contributed by atoms with van der Waals surface area (Å²) in [5, 5.41) is 23.0. The molecule has 6 nitrogen and oxygen atoms in total. The van der Waals surface area contributed by atoms with Crippen LogP contribution in [-0.2, 0) is 14.3 Å². The number of unbranched alkanes of at least 4 members (excludes halogenated alkanes) is 32. The van der Waals surface area contributed by atoms with Crippen LogP contribution in [0.4, 0.5) is 0 Å². The number of esters is 1. The summed E-state index contributed by atoms with van der Waals surface area (Å²) in [6, 6.07) is -0.638. The van der Waals surface area contributed by atoms with Gasteiger partial charge in [0.1, 0.15) is 0 Å². The first-order chi connectivity index (χ1) is 29.0. The Morgan fingerprint density at radius 1 is 0.475 bits per heavy atom. The number of carbonyl (C=O) groups is 2. The van der Waals surface area contributed by atoms with E-state index in [4.69, 9.17) is 4.74 Å². The smallest absolute Gasteiger partial charge is 0.305 e. The third-order valence-electron chi connectivity index (χ3n) is 11.7. The van der Waals surface area contributed by atoms with Crippen molar-refractivity contribution in [3.05, 3.63) is 36.5 Å². The highest BCUT2D eigenvalue weighted by Gasteiger charge is 2.18. The maximum Gasteiger partial charge on any atom is 0.305 e. The molecule has 2 atom stereocenters. The lowest BCUT2D eigenvalue weighted by Gasteiger charge is -2.20. The number of amides is 1. The number of aliphatic hydroxyl groups excluding tert-OH is 2. The van der Waals surface area contributed by atoms with Gasteiger partial charge in [0.15, 0.2) is 0 Å². The van der Waals surface area contributed by atoms with Gasteiger partial charge in [-0.2, -0.15) is 0 Å². The molecule has 0 aromatic heterocycles. The predicted molar refractivity (Wildman–Crippen MR) is 255 cm³/mol. The number of ether oxygens (including phenoxy) is 1. The average Bonchev–Trinajstić information content (AvgIpc) is 3.24. The van der Waals surface area contributed by atoms with Crippen molar-refractivity contribution >= 4 is 11.9 Å². The minimum absolute atomic E-state index is 0.0154. The van der Waals surface area contributed by atoms with E-state index < -0.39 is 12.1 Å². The van der Waals surface area contributed by atoms with Crippen LogP contribution < -0.4 is 5.32 Å². The molecule has 0 aliphatic rings. The van der Waals surface area contributed by atoms with Crippen molar-refractivity contribution < 1.29 is 24.5 Å². The van der Waals surface area contributed by atoms with E-state index in [1.165, 1.54) is 173 Å². The Hall–Kier alpha value is -1.92. The summed E-state index contributed by atoms with van der Waals surface area (Å²) in [6.45, 7) is 4.82. The molecule has 346 valence electrons. The predicted octanol–water partition coefficient (Wildman–Crippen LogP) is 15.3. The highest BCUT2D eigenvalue weighted by Crippen LogP contribution is 2.15. The zero-order chi connectivity index (χ0) is 43.0. The molecule has 0 saturated carbocycles. The minimum Gasteiger partial charge on any atom is -0.466 e. The fourth-order valence-electron chi connectivity index (χ4n) is 7.66. The van der Waals surface area contributed by atoms with E-state index in [9.17, 15) is 19.8 Å². The van der Waals surface area contributed by atoms with E-state index in [-0.39, 0.29) is 18.5 Å². The molecule has 0 heterocycles. The van der Waals surface area contributed by atoms with E-state index in [1.54, 1.807) is 6.08 Å². The molecule has 0 aromatic carbocycles. The van der Waals surface area contributed by atoms with E-state index in [0.29, 0.717) is 19.4 Å². The largest absolute Gasteiger partial charge is 0.466 e. The lowest BCUT2D eigenvalue weighted by atomic mass is 10.0. The topological polar surface area (TPSA) is 95.9 Å².